The van der Waals surface area contributed by atoms with Gasteiger partial charge in [-0.2, -0.15) is 0 Å². The van der Waals surface area contributed by atoms with E-state index in [4.69, 9.17) is 4.74 Å². The fraction of sp³-hybridized carbons (Fsp3) is 0.710. The second-order valence-corrected chi connectivity index (χ2v) is 11.3. The lowest BCUT2D eigenvalue weighted by Crippen LogP contribution is -2.61. The van der Waals surface area contributed by atoms with Gasteiger partial charge in [-0.05, 0) is 97.8 Å². The normalized spacial score (nSPS) is 35.5. The van der Waals surface area contributed by atoms with Crippen LogP contribution in [0.1, 0.15) is 103 Å². The summed E-state index contributed by atoms with van der Waals surface area (Å²) in [6.07, 6.45) is 8.16. The Bertz CT molecular complexity index is 960. The lowest BCUT2D eigenvalue weighted by atomic mass is 9.47. The summed E-state index contributed by atoms with van der Waals surface area (Å²) >= 11 is 0. The van der Waals surface area contributed by atoms with Gasteiger partial charge < -0.3 is 15.4 Å². The molecule has 6 nitrogen and oxygen atoms in total. The van der Waals surface area contributed by atoms with Crippen LogP contribution in [0.5, 0.6) is 0 Å². The molecular weight excluding hydrogens is 464 g/mol. The first kappa shape index (κ1) is 29.2. The van der Waals surface area contributed by atoms with E-state index in [1.165, 1.54) is 7.11 Å². The Hall–Kier alpha value is -2.37. The van der Waals surface area contributed by atoms with Crippen molar-refractivity contribution in [1.82, 2.24) is 5.32 Å². The van der Waals surface area contributed by atoms with Crippen molar-refractivity contribution >= 4 is 23.5 Å². The molecule has 206 valence electrons. The van der Waals surface area contributed by atoms with Gasteiger partial charge in [0, 0.05) is 24.1 Å². The zero-order valence-corrected chi connectivity index (χ0v) is 24.0. The first-order valence-corrected chi connectivity index (χ1v) is 14.5. The maximum Gasteiger partial charge on any atom is 0.337 e. The number of carbonyl (C=O) groups excluding carboxylic acids is 3. The molecule has 6 heteroatoms. The number of fused-ring (bicyclic) bond motifs is 5. The van der Waals surface area contributed by atoms with Crippen molar-refractivity contribution in [2.45, 2.75) is 99.0 Å². The van der Waals surface area contributed by atoms with Crippen molar-refractivity contribution in [3.05, 3.63) is 29.8 Å². The van der Waals surface area contributed by atoms with E-state index in [9.17, 15) is 14.4 Å². The van der Waals surface area contributed by atoms with E-state index >= 15 is 0 Å². The number of nitrogens with one attached hydrogen (secondary N) is 2. The van der Waals surface area contributed by atoms with Gasteiger partial charge in [-0.1, -0.05) is 41.5 Å². The quantitative estimate of drug-likeness (QED) is 0.447. The van der Waals surface area contributed by atoms with Crippen LogP contribution in [0.25, 0.3) is 0 Å². The fourth-order valence-electron chi connectivity index (χ4n) is 8.17. The molecular formula is C31H48N2O4. The molecule has 1 aromatic carbocycles. The summed E-state index contributed by atoms with van der Waals surface area (Å²) in [5.41, 5.74) is 1.42. The molecule has 37 heavy (non-hydrogen) atoms. The molecule has 3 aliphatic carbocycles. The van der Waals surface area contributed by atoms with Gasteiger partial charge in [0.25, 0.3) is 0 Å². The first-order valence-electron chi connectivity index (χ1n) is 14.5. The highest BCUT2D eigenvalue weighted by Crippen LogP contribution is 2.65. The molecule has 7 unspecified atom stereocenters. The first-order chi connectivity index (χ1) is 17.8. The van der Waals surface area contributed by atoms with Gasteiger partial charge >= 0.3 is 5.97 Å². The molecule has 3 saturated carbocycles. The van der Waals surface area contributed by atoms with Crippen molar-refractivity contribution in [2.75, 3.05) is 12.4 Å². The molecule has 1 aromatic rings. The molecule has 0 spiro atoms. The number of hydrogen-bond donors (Lipinski definition) is 2. The molecule has 2 amide bonds. The van der Waals surface area contributed by atoms with Crippen molar-refractivity contribution in [3.63, 3.8) is 0 Å². The molecule has 5 rings (SSSR count). The minimum absolute atomic E-state index is 0.0142. The highest BCUT2D eigenvalue weighted by molar-refractivity contribution is 5.94. The molecule has 2 N–H and O–H groups in total. The van der Waals surface area contributed by atoms with Crippen molar-refractivity contribution in [2.24, 2.45) is 34.5 Å². The number of benzene rings is 1. The fourth-order valence-corrected chi connectivity index (χ4v) is 8.17. The Kier molecular flexibility index (Phi) is 9.47. The second kappa shape index (κ2) is 12.0. The number of amides is 2. The minimum atomic E-state index is -0.378. The molecule has 0 bridgehead atoms. The summed E-state index contributed by atoms with van der Waals surface area (Å²) in [6.45, 7) is 12.8. The number of methoxy groups -OCH3 is 1. The van der Waals surface area contributed by atoms with E-state index in [2.05, 4.69) is 24.5 Å². The van der Waals surface area contributed by atoms with Crippen LogP contribution >= 0.6 is 0 Å². The van der Waals surface area contributed by atoms with Crippen molar-refractivity contribution in [1.29, 1.82) is 0 Å². The predicted octanol–water partition coefficient (Wildman–Crippen LogP) is 6.60. The van der Waals surface area contributed by atoms with Crippen LogP contribution in [-0.2, 0) is 14.3 Å². The third kappa shape index (κ3) is 5.31. The van der Waals surface area contributed by atoms with Crippen LogP contribution in [0.4, 0.5) is 5.69 Å². The lowest BCUT2D eigenvalue weighted by Gasteiger charge is -2.60. The summed E-state index contributed by atoms with van der Waals surface area (Å²) in [5.74, 6) is 1.82. The number of carbonyl (C=O) groups is 3. The van der Waals surface area contributed by atoms with Crippen LogP contribution in [0.2, 0.25) is 0 Å². The Morgan fingerprint density at radius 2 is 1.54 bits per heavy atom. The molecule has 7 atom stereocenters. The molecule has 1 heterocycles. The maximum absolute atomic E-state index is 13.4. The molecule has 4 aliphatic rings. The Morgan fingerprint density at radius 3 is 2.19 bits per heavy atom. The summed E-state index contributed by atoms with van der Waals surface area (Å²) in [6, 6.07) is 7.24. The van der Waals surface area contributed by atoms with E-state index in [-0.39, 0.29) is 34.5 Å². The van der Waals surface area contributed by atoms with E-state index in [0.29, 0.717) is 35.8 Å². The number of hydrogen-bond acceptors (Lipinski definition) is 4. The average molecular weight is 513 g/mol. The van der Waals surface area contributed by atoms with Gasteiger partial charge in [-0.15, -0.1) is 0 Å². The molecule has 0 radical (unpaired) electrons. The molecule has 1 saturated heterocycles. The van der Waals surface area contributed by atoms with Gasteiger partial charge in [0.2, 0.25) is 11.8 Å². The number of rotatable bonds is 3. The SMILES string of the molecule is CC.CC.COC(=O)c1ccc(NC(=O)C2CCC3C4CCC5NC(=O)CCC5(C)C4CCC23C)cc1. The zero-order valence-electron chi connectivity index (χ0n) is 24.0. The van der Waals surface area contributed by atoms with E-state index in [1.54, 1.807) is 24.3 Å². The third-order valence-electron chi connectivity index (χ3n) is 9.98. The predicted molar refractivity (Wildman–Crippen MR) is 148 cm³/mol. The third-order valence-corrected chi connectivity index (χ3v) is 9.98. The van der Waals surface area contributed by atoms with Crippen LogP contribution in [-0.4, -0.2) is 30.9 Å². The topological polar surface area (TPSA) is 84.5 Å². The molecule has 0 aromatic heterocycles. The van der Waals surface area contributed by atoms with Crippen LogP contribution < -0.4 is 10.6 Å². The molecule has 1 aliphatic heterocycles. The number of esters is 1. The highest BCUT2D eigenvalue weighted by Gasteiger charge is 2.61. The van der Waals surface area contributed by atoms with Crippen LogP contribution in [0, 0.1) is 34.5 Å². The van der Waals surface area contributed by atoms with Gasteiger partial charge in [0.05, 0.1) is 12.7 Å². The van der Waals surface area contributed by atoms with Crippen molar-refractivity contribution < 1.29 is 19.1 Å². The number of anilines is 1. The Labute approximate surface area is 223 Å². The number of piperidine rings is 1. The summed E-state index contributed by atoms with van der Waals surface area (Å²) in [7, 11) is 1.36. The summed E-state index contributed by atoms with van der Waals surface area (Å²) in [4.78, 5) is 37.1. The van der Waals surface area contributed by atoms with Crippen LogP contribution in [0.15, 0.2) is 24.3 Å². The van der Waals surface area contributed by atoms with Gasteiger partial charge in [-0.3, -0.25) is 9.59 Å². The van der Waals surface area contributed by atoms with E-state index in [0.717, 1.165) is 50.6 Å². The Balaban J connectivity index is 0.000000907. The smallest absolute Gasteiger partial charge is 0.337 e. The van der Waals surface area contributed by atoms with Crippen LogP contribution in [0.3, 0.4) is 0 Å². The van der Waals surface area contributed by atoms with Gasteiger partial charge in [0.1, 0.15) is 0 Å². The standard InChI is InChI=1S/C27H36N2O4.2C2H6/c1-26-14-12-20-18(8-11-22-27(20,2)15-13-23(30)29-22)19(26)9-10-21(26)24(31)28-17-6-4-16(5-7-17)25(32)33-3;2*1-2/h4-7,18-22H,8-15H2,1-3H3,(H,28,31)(H,29,30);2*1-2H3. The van der Waals surface area contributed by atoms with Gasteiger partial charge in [0.15, 0.2) is 0 Å². The van der Waals surface area contributed by atoms with Gasteiger partial charge in [-0.25, -0.2) is 4.79 Å². The van der Waals surface area contributed by atoms with E-state index < -0.39 is 0 Å². The maximum atomic E-state index is 13.4. The second-order valence-electron chi connectivity index (χ2n) is 11.3. The lowest BCUT2D eigenvalue weighted by molar-refractivity contribution is -0.140. The average Bonchev–Trinajstić information content (AvgIpc) is 3.28. The van der Waals surface area contributed by atoms with E-state index in [1.807, 2.05) is 27.7 Å². The minimum Gasteiger partial charge on any atom is -0.465 e. The molecule has 4 fully saturated rings. The largest absolute Gasteiger partial charge is 0.465 e. The number of ether oxygens (including phenoxy) is 1. The summed E-state index contributed by atoms with van der Waals surface area (Å²) in [5, 5.41) is 6.42. The summed E-state index contributed by atoms with van der Waals surface area (Å²) < 4.78 is 4.75. The zero-order chi connectivity index (χ0) is 27.4. The highest BCUT2D eigenvalue weighted by atomic mass is 16.5. The Morgan fingerprint density at radius 1 is 0.892 bits per heavy atom. The van der Waals surface area contributed by atoms with Crippen molar-refractivity contribution in [3.8, 4) is 0 Å². The monoisotopic (exact) mass is 512 g/mol.